The van der Waals surface area contributed by atoms with E-state index in [9.17, 15) is 10.4 Å². The Morgan fingerprint density at radius 2 is 1.62 bits per heavy atom. The van der Waals surface area contributed by atoms with E-state index in [1.54, 1.807) is 0 Å². The van der Waals surface area contributed by atoms with Crippen molar-refractivity contribution in [2.75, 3.05) is 0 Å². The summed E-state index contributed by atoms with van der Waals surface area (Å²) < 4.78 is 0. The highest BCUT2D eigenvalue weighted by atomic mass is 16.4. The number of rotatable bonds is 2. The average molecular weight is 469 g/mol. The monoisotopic (exact) mass is 468 g/mol. The first-order valence-corrected chi connectivity index (χ1v) is 14.0. The quantitative estimate of drug-likeness (QED) is 0.187. The smallest absolute Gasteiger partial charge is 0.0630 e. The molecule has 5 rings (SSSR count). The third-order valence-corrected chi connectivity index (χ3v) is 13.3. The van der Waals surface area contributed by atoms with Crippen LogP contribution in [-0.4, -0.2) is 22.3 Å². The van der Waals surface area contributed by atoms with Crippen molar-refractivity contribution in [2.24, 2.45) is 67.0 Å². The van der Waals surface area contributed by atoms with Crippen molar-refractivity contribution in [1.82, 2.24) is 0 Å². The lowest BCUT2D eigenvalue weighted by molar-refractivity contribution is -0.222. The van der Waals surface area contributed by atoms with Gasteiger partial charge in [0.25, 0.3) is 0 Å². The molecule has 0 aromatic rings. The largest absolute Gasteiger partial charge is 0.411 e. The van der Waals surface area contributed by atoms with Crippen LogP contribution in [0.4, 0.5) is 0 Å². The normalized spacial score (nSPS) is 53.1. The van der Waals surface area contributed by atoms with Crippen LogP contribution in [0.5, 0.6) is 0 Å². The number of nitrogens with zero attached hydrogens (tertiary/aromatic N) is 2. The molecule has 5 aliphatic rings. The molecule has 0 radical (unpaired) electrons. The van der Waals surface area contributed by atoms with Gasteiger partial charge in [-0.25, -0.2) is 0 Å². The maximum atomic E-state index is 9.76. The molecule has 4 nitrogen and oxygen atoms in total. The molecular formula is C30H48N2O2. The first-order valence-electron chi connectivity index (χ1n) is 14.0. The highest BCUT2D eigenvalue weighted by molar-refractivity contribution is 5.90. The van der Waals surface area contributed by atoms with Gasteiger partial charge in [0.2, 0.25) is 0 Å². The van der Waals surface area contributed by atoms with Crippen molar-refractivity contribution in [2.45, 2.75) is 106 Å². The molecule has 0 amide bonds. The van der Waals surface area contributed by atoms with Crippen LogP contribution in [-0.2, 0) is 0 Å². The molecule has 5 aliphatic carbocycles. The Labute approximate surface area is 207 Å². The summed E-state index contributed by atoms with van der Waals surface area (Å²) in [5, 5.41) is 26.9. The lowest BCUT2D eigenvalue weighted by Gasteiger charge is -2.72. The second-order valence-corrected chi connectivity index (χ2v) is 14.4. The van der Waals surface area contributed by atoms with Gasteiger partial charge in [0.1, 0.15) is 0 Å². The molecule has 0 heterocycles. The van der Waals surface area contributed by atoms with E-state index in [1.807, 2.05) is 6.21 Å². The topological polar surface area (TPSA) is 65.2 Å². The lowest BCUT2D eigenvalue weighted by atomic mass is 9.32. The van der Waals surface area contributed by atoms with Crippen molar-refractivity contribution >= 4 is 11.9 Å². The van der Waals surface area contributed by atoms with Gasteiger partial charge < -0.3 is 10.4 Å². The fraction of sp³-hybridized carbons (Fsp3) is 0.867. The Kier molecular flexibility index (Phi) is 5.44. The van der Waals surface area contributed by atoms with Crippen LogP contribution < -0.4 is 0 Å². The van der Waals surface area contributed by atoms with Crippen molar-refractivity contribution in [1.29, 1.82) is 0 Å². The number of hydrogen-bond donors (Lipinski definition) is 2. The van der Waals surface area contributed by atoms with E-state index in [1.165, 1.54) is 44.1 Å². The fourth-order valence-electron chi connectivity index (χ4n) is 11.5. The molecule has 5 saturated carbocycles. The first kappa shape index (κ1) is 24.4. The number of fused-ring (bicyclic) bond motifs is 7. The summed E-state index contributed by atoms with van der Waals surface area (Å²) in [4.78, 5) is 0. The van der Waals surface area contributed by atoms with E-state index >= 15 is 0 Å². The molecule has 0 bridgehead atoms. The van der Waals surface area contributed by atoms with Crippen molar-refractivity contribution in [3.8, 4) is 0 Å². The maximum absolute atomic E-state index is 9.76. The number of hydrogen-bond acceptors (Lipinski definition) is 4. The Morgan fingerprint density at radius 3 is 2.26 bits per heavy atom. The molecule has 0 spiro atoms. The average Bonchev–Trinajstić information content (AvgIpc) is 3.14. The summed E-state index contributed by atoms with van der Waals surface area (Å²) in [6.07, 6.45) is 13.8. The Balaban J connectivity index is 1.56. The zero-order valence-corrected chi connectivity index (χ0v) is 22.5. The number of oxime groups is 2. The van der Waals surface area contributed by atoms with Crippen LogP contribution in [0.15, 0.2) is 22.5 Å². The summed E-state index contributed by atoms with van der Waals surface area (Å²) in [7, 11) is 0. The summed E-state index contributed by atoms with van der Waals surface area (Å²) in [6, 6.07) is 0. The molecule has 4 heteroatoms. The van der Waals surface area contributed by atoms with Crippen LogP contribution in [0.25, 0.3) is 0 Å². The van der Waals surface area contributed by atoms with E-state index in [0.717, 1.165) is 31.4 Å². The summed E-state index contributed by atoms with van der Waals surface area (Å²) in [6.45, 7) is 19.2. The Bertz CT molecular complexity index is 923. The molecule has 0 aromatic heterocycles. The molecule has 0 aromatic carbocycles. The Hall–Kier alpha value is -1.32. The highest BCUT2D eigenvalue weighted by Gasteiger charge is 2.70. The molecule has 5 unspecified atom stereocenters. The number of allylic oxidation sites excluding steroid dienone is 1. The van der Waals surface area contributed by atoms with Gasteiger partial charge in [-0.05, 0) is 117 Å². The minimum absolute atomic E-state index is 0.0311. The molecule has 2 N–H and O–H groups in total. The maximum Gasteiger partial charge on any atom is 0.0630 e. The van der Waals surface area contributed by atoms with E-state index in [2.05, 4.69) is 58.4 Å². The van der Waals surface area contributed by atoms with Crippen LogP contribution in [0.3, 0.4) is 0 Å². The molecule has 0 saturated heterocycles. The van der Waals surface area contributed by atoms with Gasteiger partial charge in [-0.1, -0.05) is 51.9 Å². The second-order valence-electron chi connectivity index (χ2n) is 14.4. The highest BCUT2D eigenvalue weighted by Crippen LogP contribution is 2.77. The van der Waals surface area contributed by atoms with Crippen molar-refractivity contribution in [3.05, 3.63) is 12.2 Å². The summed E-state index contributed by atoms with van der Waals surface area (Å²) in [5.74, 6) is 3.06. The van der Waals surface area contributed by atoms with E-state index in [4.69, 9.17) is 0 Å². The van der Waals surface area contributed by atoms with Crippen molar-refractivity contribution in [3.63, 3.8) is 0 Å². The van der Waals surface area contributed by atoms with E-state index < -0.39 is 0 Å². The Morgan fingerprint density at radius 1 is 0.882 bits per heavy atom. The predicted octanol–water partition coefficient (Wildman–Crippen LogP) is 7.93. The third-order valence-electron chi connectivity index (χ3n) is 13.3. The van der Waals surface area contributed by atoms with Gasteiger partial charge in [-0.15, -0.1) is 5.16 Å². The minimum atomic E-state index is -0.0311. The van der Waals surface area contributed by atoms with Crippen molar-refractivity contribution < 1.29 is 10.4 Å². The fourth-order valence-corrected chi connectivity index (χ4v) is 11.5. The summed E-state index contributed by atoms with van der Waals surface area (Å²) >= 11 is 0. The molecule has 9 atom stereocenters. The van der Waals surface area contributed by atoms with Crippen LogP contribution in [0, 0.1) is 56.7 Å². The zero-order chi connectivity index (χ0) is 24.7. The third kappa shape index (κ3) is 2.83. The van der Waals surface area contributed by atoms with Gasteiger partial charge in [0.05, 0.1) is 11.9 Å². The van der Waals surface area contributed by atoms with Crippen LogP contribution in [0.1, 0.15) is 106 Å². The van der Waals surface area contributed by atoms with Crippen LogP contribution >= 0.6 is 0 Å². The molecule has 34 heavy (non-hydrogen) atoms. The van der Waals surface area contributed by atoms with Crippen LogP contribution in [0.2, 0.25) is 0 Å². The SMILES string of the molecule is C=C(C)C1CC[C@]2(/C=N/O)CC[C@]3(C)C(CCC4[C@@]5(C)CC/C(=N\O)C(C)(C)C5CC[C@]43C)C12. The molecule has 0 aliphatic heterocycles. The summed E-state index contributed by atoms with van der Waals surface area (Å²) in [5.41, 5.74) is 3.27. The molecule has 190 valence electrons. The van der Waals surface area contributed by atoms with Gasteiger partial charge in [0, 0.05) is 10.8 Å². The first-order chi connectivity index (χ1) is 15.9. The molecule has 5 fully saturated rings. The standard InChI is InChI=1S/C30H48N2O2/c1-19(2)20-10-15-30(18-31-33)17-16-28(6)21(25(20)30)8-9-23-27(5)13-12-24(32-34)26(3,4)22(27)11-14-29(23,28)7/h18,20-23,25,33-34H,1,8-17H2,2-7H3/b31-18+,32-24+/t20?,21?,22?,23?,25?,27-,28+,29+,30+/m0/s1. The second kappa shape index (κ2) is 7.59. The van der Waals surface area contributed by atoms with Gasteiger partial charge >= 0.3 is 0 Å². The zero-order valence-electron chi connectivity index (χ0n) is 22.5. The minimum Gasteiger partial charge on any atom is -0.411 e. The lowest BCUT2D eigenvalue weighted by Crippen LogP contribution is -2.66. The van der Waals surface area contributed by atoms with Gasteiger partial charge in [-0.2, -0.15) is 0 Å². The van der Waals surface area contributed by atoms with E-state index in [0.29, 0.717) is 45.8 Å². The van der Waals surface area contributed by atoms with E-state index in [-0.39, 0.29) is 10.8 Å². The van der Waals surface area contributed by atoms with Gasteiger partial charge in [0.15, 0.2) is 0 Å². The molecular weight excluding hydrogens is 420 g/mol. The van der Waals surface area contributed by atoms with Gasteiger partial charge in [-0.3, -0.25) is 0 Å². The predicted molar refractivity (Wildman–Crippen MR) is 138 cm³/mol.